The van der Waals surface area contributed by atoms with Crippen LogP contribution in [0, 0.1) is 0 Å². The summed E-state index contributed by atoms with van der Waals surface area (Å²) in [6, 6.07) is 27.3. The molecule has 0 spiro atoms. The van der Waals surface area contributed by atoms with E-state index in [1.165, 1.54) is 27.6 Å². The van der Waals surface area contributed by atoms with Crippen molar-refractivity contribution in [3.8, 4) is 0 Å². The molecule has 0 atom stereocenters. The van der Waals surface area contributed by atoms with Gasteiger partial charge in [-0.05, 0) is 28.4 Å². The van der Waals surface area contributed by atoms with E-state index >= 15 is 0 Å². The Morgan fingerprint density at radius 1 is 0.773 bits per heavy atom. The van der Waals surface area contributed by atoms with Crippen LogP contribution in [0.25, 0.3) is 16.8 Å². The minimum atomic E-state index is -1.37. The number of hydrogen-bond acceptors (Lipinski definition) is 0. The molecule has 0 fully saturated rings. The van der Waals surface area contributed by atoms with Crippen LogP contribution in [0.2, 0.25) is 19.1 Å². The van der Waals surface area contributed by atoms with Crippen LogP contribution in [0.4, 0.5) is 0 Å². The van der Waals surface area contributed by atoms with Gasteiger partial charge in [-0.15, -0.1) is 0 Å². The van der Waals surface area contributed by atoms with Gasteiger partial charge in [0.2, 0.25) is 0 Å². The van der Waals surface area contributed by atoms with Crippen LogP contribution in [0.1, 0.15) is 5.56 Å². The number of benzene rings is 3. The molecular weight excluding hydrogens is 280 g/mol. The van der Waals surface area contributed by atoms with Crippen molar-refractivity contribution in [1.29, 1.82) is 0 Å². The lowest BCUT2D eigenvalue weighted by Gasteiger charge is -2.20. The third kappa shape index (κ3) is 3.37. The molecule has 110 valence electrons. The van der Waals surface area contributed by atoms with Crippen molar-refractivity contribution in [3.05, 3.63) is 84.4 Å². The quantitative estimate of drug-likeness (QED) is 0.561. The first-order valence-corrected chi connectivity index (χ1v) is 11.1. The normalized spacial score (nSPS) is 12.1. The molecule has 0 N–H and O–H groups in total. The Labute approximate surface area is 134 Å². The fraction of sp³-hybridized carbons (Fsp3) is 0.143. The molecule has 3 rings (SSSR count). The summed E-state index contributed by atoms with van der Waals surface area (Å²) in [5.41, 5.74) is 1.29. The van der Waals surface area contributed by atoms with Gasteiger partial charge in [0.15, 0.2) is 0 Å². The Kier molecular flexibility index (Phi) is 4.26. The van der Waals surface area contributed by atoms with E-state index in [0.717, 1.165) is 0 Å². The van der Waals surface area contributed by atoms with E-state index in [0.29, 0.717) is 0 Å². The van der Waals surface area contributed by atoms with Crippen molar-refractivity contribution in [1.82, 2.24) is 0 Å². The molecule has 0 aliphatic rings. The van der Waals surface area contributed by atoms with Crippen LogP contribution in [-0.4, -0.2) is 8.07 Å². The second-order valence-electron chi connectivity index (χ2n) is 6.46. The molecule has 0 aliphatic heterocycles. The van der Waals surface area contributed by atoms with E-state index in [2.05, 4.69) is 98.0 Å². The minimum absolute atomic E-state index is 1.17. The Morgan fingerprint density at radius 2 is 1.45 bits per heavy atom. The molecule has 3 aromatic carbocycles. The number of fused-ring (bicyclic) bond motifs is 1. The van der Waals surface area contributed by atoms with Gasteiger partial charge in [-0.25, -0.2) is 0 Å². The summed E-state index contributed by atoms with van der Waals surface area (Å²) in [6.45, 7) is 4.88. The highest BCUT2D eigenvalue weighted by Gasteiger charge is 2.20. The minimum Gasteiger partial charge on any atom is -0.0863 e. The zero-order valence-electron chi connectivity index (χ0n) is 13.3. The third-order valence-corrected chi connectivity index (χ3v) is 7.42. The highest BCUT2D eigenvalue weighted by molar-refractivity contribution is 6.90. The first kappa shape index (κ1) is 14.8. The summed E-state index contributed by atoms with van der Waals surface area (Å²) >= 11 is 0. The van der Waals surface area contributed by atoms with E-state index in [1.54, 1.807) is 0 Å². The Balaban J connectivity index is 1.75. The fourth-order valence-corrected chi connectivity index (χ4v) is 4.85. The van der Waals surface area contributed by atoms with E-state index in [9.17, 15) is 0 Å². The van der Waals surface area contributed by atoms with E-state index < -0.39 is 8.07 Å². The van der Waals surface area contributed by atoms with Gasteiger partial charge < -0.3 is 0 Å². The first-order chi connectivity index (χ1) is 10.6. The summed E-state index contributed by atoms with van der Waals surface area (Å²) in [5, 5.41) is 4.14. The lowest BCUT2D eigenvalue weighted by Crippen LogP contribution is -2.40. The first-order valence-electron chi connectivity index (χ1n) is 7.86. The van der Waals surface area contributed by atoms with Crippen LogP contribution in [0.15, 0.2) is 78.9 Å². The number of allylic oxidation sites excluding steroid dienone is 1. The van der Waals surface area contributed by atoms with Gasteiger partial charge in [-0.1, -0.05) is 97.2 Å². The molecule has 0 unspecified atom stereocenters. The largest absolute Gasteiger partial charge is 0.0863 e. The molecule has 0 bridgehead atoms. The molecule has 0 saturated heterocycles. The second kappa shape index (κ2) is 6.33. The molecule has 0 radical (unpaired) electrons. The van der Waals surface area contributed by atoms with Crippen molar-refractivity contribution in [2.45, 2.75) is 19.1 Å². The van der Waals surface area contributed by atoms with Gasteiger partial charge in [0, 0.05) is 0 Å². The Bertz CT molecular complexity index is 785. The lowest BCUT2D eigenvalue weighted by molar-refractivity contribution is 1.54. The molecule has 0 aliphatic carbocycles. The molecule has 0 nitrogen and oxygen atoms in total. The van der Waals surface area contributed by atoms with Crippen molar-refractivity contribution < 1.29 is 0 Å². The van der Waals surface area contributed by atoms with Crippen LogP contribution < -0.4 is 5.19 Å². The summed E-state index contributed by atoms with van der Waals surface area (Å²) < 4.78 is 0. The highest BCUT2D eigenvalue weighted by atomic mass is 28.3. The lowest BCUT2D eigenvalue weighted by atomic mass is 10.1. The zero-order chi connectivity index (χ0) is 15.4. The standard InChI is InChI=1S/C21H22Si/c1-22(2,21-12-4-3-5-13-21)16-8-9-18-14-15-19-10-6-7-11-20(19)17-18/h3-15,17H,16H2,1-2H3/b9-8+. The van der Waals surface area contributed by atoms with Gasteiger partial charge in [-0.3, -0.25) is 0 Å². The Morgan fingerprint density at radius 3 is 2.23 bits per heavy atom. The summed E-state index contributed by atoms with van der Waals surface area (Å²) in [4.78, 5) is 0. The molecule has 1 heteroatoms. The highest BCUT2D eigenvalue weighted by Crippen LogP contribution is 2.18. The van der Waals surface area contributed by atoms with Gasteiger partial charge in [0.25, 0.3) is 0 Å². The molecule has 0 amide bonds. The predicted molar refractivity (Wildman–Crippen MR) is 101 cm³/mol. The van der Waals surface area contributed by atoms with E-state index in [4.69, 9.17) is 0 Å². The van der Waals surface area contributed by atoms with Crippen LogP contribution in [0.5, 0.6) is 0 Å². The van der Waals surface area contributed by atoms with Crippen LogP contribution in [-0.2, 0) is 0 Å². The predicted octanol–water partition coefficient (Wildman–Crippen LogP) is 5.47. The van der Waals surface area contributed by atoms with Crippen LogP contribution >= 0.6 is 0 Å². The molecular formula is C21H22Si. The van der Waals surface area contributed by atoms with Crippen molar-refractivity contribution >= 4 is 30.1 Å². The summed E-state index contributed by atoms with van der Waals surface area (Å²) in [6.07, 6.45) is 4.62. The van der Waals surface area contributed by atoms with Crippen molar-refractivity contribution in [2.75, 3.05) is 0 Å². The van der Waals surface area contributed by atoms with Crippen molar-refractivity contribution in [3.63, 3.8) is 0 Å². The topological polar surface area (TPSA) is 0 Å². The Hall–Kier alpha value is -2.12. The van der Waals surface area contributed by atoms with E-state index in [-0.39, 0.29) is 0 Å². The maximum Gasteiger partial charge on any atom is 0.0843 e. The molecule has 0 saturated carbocycles. The molecule has 3 aromatic rings. The smallest absolute Gasteiger partial charge is 0.0843 e. The van der Waals surface area contributed by atoms with Gasteiger partial charge >= 0.3 is 0 Å². The second-order valence-corrected chi connectivity index (χ2v) is 11.2. The van der Waals surface area contributed by atoms with Crippen molar-refractivity contribution in [2.24, 2.45) is 0 Å². The van der Waals surface area contributed by atoms with Crippen LogP contribution in [0.3, 0.4) is 0 Å². The average molecular weight is 302 g/mol. The maximum absolute atomic E-state index is 2.44. The fourth-order valence-electron chi connectivity index (χ4n) is 2.81. The summed E-state index contributed by atoms with van der Waals surface area (Å²) in [5.74, 6) is 0. The SMILES string of the molecule is C[Si](C)(C/C=C/c1ccc2ccccc2c1)c1ccccc1. The third-order valence-electron chi connectivity index (χ3n) is 4.27. The van der Waals surface area contributed by atoms with E-state index in [1.807, 2.05) is 0 Å². The summed E-state index contributed by atoms with van der Waals surface area (Å²) in [7, 11) is -1.37. The number of hydrogen-bond donors (Lipinski definition) is 0. The molecule has 0 aromatic heterocycles. The zero-order valence-corrected chi connectivity index (χ0v) is 14.3. The monoisotopic (exact) mass is 302 g/mol. The van der Waals surface area contributed by atoms with Gasteiger partial charge in [0.1, 0.15) is 0 Å². The average Bonchev–Trinajstić information content (AvgIpc) is 2.55. The molecule has 0 heterocycles. The molecule has 22 heavy (non-hydrogen) atoms. The number of rotatable bonds is 4. The van der Waals surface area contributed by atoms with Gasteiger partial charge in [0.05, 0.1) is 8.07 Å². The maximum atomic E-state index is 2.44. The van der Waals surface area contributed by atoms with Gasteiger partial charge in [-0.2, -0.15) is 0 Å².